The van der Waals surface area contributed by atoms with Crippen LogP contribution in [0.3, 0.4) is 0 Å². The number of aryl methyl sites for hydroxylation is 2. The fraction of sp³-hybridized carbons (Fsp3) is 0.100. The van der Waals surface area contributed by atoms with Gasteiger partial charge in [0.25, 0.3) is 11.5 Å². The second-order valence-electron chi connectivity index (χ2n) is 6.24. The van der Waals surface area contributed by atoms with Crippen LogP contribution in [0.2, 0.25) is 0 Å². The Morgan fingerprint density at radius 1 is 1.00 bits per heavy atom. The highest BCUT2D eigenvalue weighted by Crippen LogP contribution is 2.14. The summed E-state index contributed by atoms with van der Waals surface area (Å²) in [5.74, 6) is -0.0116. The molecule has 2 aromatic heterocycles. The molecule has 0 saturated heterocycles. The van der Waals surface area contributed by atoms with Gasteiger partial charge in [-0.15, -0.1) is 0 Å². The van der Waals surface area contributed by atoms with Crippen molar-refractivity contribution in [3.63, 3.8) is 0 Å². The Labute approximate surface area is 154 Å². The van der Waals surface area contributed by atoms with E-state index in [1.54, 1.807) is 23.7 Å². The molecule has 0 aliphatic heterocycles. The van der Waals surface area contributed by atoms with Gasteiger partial charge >= 0.3 is 0 Å². The zero-order chi connectivity index (χ0) is 19.0. The van der Waals surface area contributed by atoms with Crippen molar-refractivity contribution in [3.8, 4) is 5.69 Å². The first-order valence-corrected chi connectivity index (χ1v) is 8.45. The normalized spacial score (nSPS) is 10.9. The van der Waals surface area contributed by atoms with E-state index in [2.05, 4.69) is 15.5 Å². The van der Waals surface area contributed by atoms with Crippen molar-refractivity contribution >= 4 is 16.9 Å². The van der Waals surface area contributed by atoms with Crippen molar-refractivity contribution in [1.82, 2.24) is 19.4 Å². The van der Waals surface area contributed by atoms with Gasteiger partial charge in [-0.25, -0.2) is 14.3 Å². The zero-order valence-corrected chi connectivity index (χ0v) is 14.9. The fourth-order valence-corrected chi connectivity index (χ4v) is 2.83. The standard InChI is InChI=1S/C20H17N5O2/c1-13-8-10-15(11-9-13)19(26)23-24-14(2)22-18-17(20(24)27)12-21-25(18)16-6-4-3-5-7-16/h3-12H,1-2H3,(H,23,26). The average Bonchev–Trinajstić information content (AvgIpc) is 3.10. The number of hydrogen-bond acceptors (Lipinski definition) is 4. The molecule has 4 aromatic rings. The van der Waals surface area contributed by atoms with E-state index in [-0.39, 0.29) is 11.5 Å². The fourth-order valence-electron chi connectivity index (χ4n) is 2.83. The maximum absolute atomic E-state index is 12.9. The molecule has 4 rings (SSSR count). The Bertz CT molecular complexity index is 1190. The Morgan fingerprint density at radius 2 is 1.70 bits per heavy atom. The highest BCUT2D eigenvalue weighted by molar-refractivity contribution is 6.00. The molecule has 0 spiro atoms. The molecule has 0 atom stereocenters. The summed E-state index contributed by atoms with van der Waals surface area (Å²) >= 11 is 0. The number of carbonyl (C=O) groups is 1. The molecule has 1 N–H and O–H groups in total. The maximum Gasteiger partial charge on any atom is 0.283 e. The molecule has 0 saturated carbocycles. The first-order valence-electron chi connectivity index (χ1n) is 8.45. The lowest BCUT2D eigenvalue weighted by molar-refractivity contribution is 0.101. The van der Waals surface area contributed by atoms with Gasteiger partial charge in [0.05, 0.1) is 11.9 Å². The Kier molecular flexibility index (Phi) is 4.04. The van der Waals surface area contributed by atoms with Crippen molar-refractivity contribution in [1.29, 1.82) is 0 Å². The van der Waals surface area contributed by atoms with Crippen molar-refractivity contribution in [2.75, 3.05) is 5.43 Å². The molecule has 7 nitrogen and oxygen atoms in total. The quantitative estimate of drug-likeness (QED) is 0.610. The van der Waals surface area contributed by atoms with Crippen LogP contribution in [-0.4, -0.2) is 25.3 Å². The van der Waals surface area contributed by atoms with Crippen LogP contribution in [0.15, 0.2) is 65.6 Å². The van der Waals surface area contributed by atoms with Crippen LogP contribution in [0.5, 0.6) is 0 Å². The van der Waals surface area contributed by atoms with E-state index in [9.17, 15) is 9.59 Å². The largest absolute Gasteiger partial charge is 0.283 e. The second-order valence-corrected chi connectivity index (χ2v) is 6.24. The van der Waals surface area contributed by atoms with E-state index < -0.39 is 0 Å². The highest BCUT2D eigenvalue weighted by Gasteiger charge is 2.16. The number of para-hydroxylation sites is 1. The first kappa shape index (κ1) is 16.7. The van der Waals surface area contributed by atoms with Gasteiger partial charge in [-0.2, -0.15) is 5.10 Å². The summed E-state index contributed by atoms with van der Waals surface area (Å²) in [7, 11) is 0. The predicted octanol–water partition coefficient (Wildman–Crippen LogP) is 2.58. The molecule has 0 aliphatic carbocycles. The highest BCUT2D eigenvalue weighted by atomic mass is 16.2. The van der Waals surface area contributed by atoms with Gasteiger partial charge in [-0.3, -0.25) is 15.0 Å². The minimum absolute atomic E-state index is 0.327. The lowest BCUT2D eigenvalue weighted by Crippen LogP contribution is -2.35. The second kappa shape index (κ2) is 6.53. The van der Waals surface area contributed by atoms with Gasteiger partial charge in [0.15, 0.2) is 5.65 Å². The Hall–Kier alpha value is -3.74. The molecular weight excluding hydrogens is 342 g/mol. The average molecular weight is 359 g/mol. The minimum atomic E-state index is -0.378. The number of hydrogen-bond donors (Lipinski definition) is 1. The third-order valence-electron chi connectivity index (χ3n) is 4.30. The summed E-state index contributed by atoms with van der Waals surface area (Å²) in [6.07, 6.45) is 1.46. The van der Waals surface area contributed by atoms with Crippen LogP contribution < -0.4 is 11.0 Å². The number of fused-ring (bicyclic) bond motifs is 1. The molecule has 0 fully saturated rings. The summed E-state index contributed by atoms with van der Waals surface area (Å²) < 4.78 is 2.76. The minimum Gasteiger partial charge on any atom is -0.267 e. The van der Waals surface area contributed by atoms with Gasteiger partial charge in [-0.05, 0) is 38.1 Å². The summed E-state index contributed by atoms with van der Waals surface area (Å²) in [5, 5.41) is 4.61. The van der Waals surface area contributed by atoms with Crippen molar-refractivity contribution in [2.24, 2.45) is 0 Å². The monoisotopic (exact) mass is 359 g/mol. The lowest BCUT2D eigenvalue weighted by Gasteiger charge is -2.11. The van der Waals surface area contributed by atoms with Gasteiger partial charge < -0.3 is 0 Å². The van der Waals surface area contributed by atoms with Gasteiger partial charge in [0.2, 0.25) is 0 Å². The van der Waals surface area contributed by atoms with E-state index in [0.717, 1.165) is 15.9 Å². The number of benzene rings is 2. The van der Waals surface area contributed by atoms with E-state index in [1.165, 1.54) is 6.20 Å². The van der Waals surface area contributed by atoms with Gasteiger partial charge in [0.1, 0.15) is 11.2 Å². The molecule has 134 valence electrons. The number of amides is 1. The topological polar surface area (TPSA) is 81.8 Å². The summed E-state index contributed by atoms with van der Waals surface area (Å²) in [6, 6.07) is 16.6. The molecule has 0 unspecified atom stereocenters. The van der Waals surface area contributed by atoms with Crippen molar-refractivity contribution in [3.05, 3.63) is 88.1 Å². The molecule has 0 bridgehead atoms. The van der Waals surface area contributed by atoms with Crippen LogP contribution >= 0.6 is 0 Å². The van der Waals surface area contributed by atoms with Crippen LogP contribution in [0, 0.1) is 13.8 Å². The van der Waals surface area contributed by atoms with E-state index in [1.807, 2.05) is 49.4 Å². The van der Waals surface area contributed by atoms with Gasteiger partial charge in [-0.1, -0.05) is 35.9 Å². The van der Waals surface area contributed by atoms with Crippen molar-refractivity contribution in [2.45, 2.75) is 13.8 Å². The third-order valence-corrected chi connectivity index (χ3v) is 4.30. The van der Waals surface area contributed by atoms with Crippen LogP contribution in [0.1, 0.15) is 21.7 Å². The number of nitrogens with zero attached hydrogens (tertiary/aromatic N) is 4. The molecular formula is C20H17N5O2. The summed E-state index contributed by atoms with van der Waals surface area (Å²) in [6.45, 7) is 3.61. The van der Waals surface area contributed by atoms with E-state index in [0.29, 0.717) is 22.4 Å². The molecule has 1 amide bonds. The smallest absolute Gasteiger partial charge is 0.267 e. The maximum atomic E-state index is 12.9. The molecule has 27 heavy (non-hydrogen) atoms. The lowest BCUT2D eigenvalue weighted by atomic mass is 10.1. The number of rotatable bonds is 3. The summed E-state index contributed by atoms with van der Waals surface area (Å²) in [5.41, 5.74) is 5.02. The summed E-state index contributed by atoms with van der Waals surface area (Å²) in [4.78, 5) is 29.8. The van der Waals surface area contributed by atoms with Crippen molar-refractivity contribution < 1.29 is 4.79 Å². The van der Waals surface area contributed by atoms with Crippen LogP contribution in [-0.2, 0) is 0 Å². The third kappa shape index (κ3) is 2.99. The van der Waals surface area contributed by atoms with Crippen LogP contribution in [0.4, 0.5) is 0 Å². The molecule has 7 heteroatoms. The number of carbonyl (C=O) groups excluding carboxylic acids is 1. The Morgan fingerprint density at radius 3 is 2.41 bits per heavy atom. The zero-order valence-electron chi connectivity index (χ0n) is 14.9. The molecule has 2 aromatic carbocycles. The van der Waals surface area contributed by atoms with Gasteiger partial charge in [0, 0.05) is 5.56 Å². The van der Waals surface area contributed by atoms with E-state index in [4.69, 9.17) is 0 Å². The molecule has 0 radical (unpaired) electrons. The van der Waals surface area contributed by atoms with Crippen LogP contribution in [0.25, 0.3) is 16.7 Å². The molecule has 2 heterocycles. The predicted molar refractivity (Wildman–Crippen MR) is 103 cm³/mol. The SMILES string of the molecule is Cc1ccc(C(=O)Nn2c(C)nc3c(cnn3-c3ccccc3)c2=O)cc1. The first-order chi connectivity index (χ1) is 13.0. The van der Waals surface area contributed by atoms with E-state index >= 15 is 0 Å². The number of nitrogens with one attached hydrogen (secondary N) is 1. The Balaban J connectivity index is 1.76. The number of aromatic nitrogens is 4. The molecule has 0 aliphatic rings.